The second-order valence-electron chi connectivity index (χ2n) is 6.70. The third kappa shape index (κ3) is 3.90. The van der Waals surface area contributed by atoms with Gasteiger partial charge in [-0.15, -0.1) is 0 Å². The minimum absolute atomic E-state index is 0.00743. The van der Waals surface area contributed by atoms with Gasteiger partial charge in [0.1, 0.15) is 0 Å². The van der Waals surface area contributed by atoms with Crippen LogP contribution in [0.25, 0.3) is 0 Å². The van der Waals surface area contributed by atoms with Gasteiger partial charge in [0.15, 0.2) is 0 Å². The normalized spacial score (nSPS) is 18.2. The number of amides is 2. The quantitative estimate of drug-likeness (QED) is 0.841. The average Bonchev–Trinajstić information content (AvgIpc) is 3.02. The predicted molar refractivity (Wildman–Crippen MR) is 97.6 cm³/mol. The first-order valence-corrected chi connectivity index (χ1v) is 8.69. The van der Waals surface area contributed by atoms with Gasteiger partial charge >= 0.3 is 0 Å². The first kappa shape index (κ1) is 17.2. The van der Waals surface area contributed by atoms with Crippen LogP contribution in [0.5, 0.6) is 0 Å². The minimum atomic E-state index is -0.257. The van der Waals surface area contributed by atoms with E-state index in [0.29, 0.717) is 19.5 Å². The molecule has 1 fully saturated rings. The molecule has 3 rings (SSSR count). The van der Waals surface area contributed by atoms with Gasteiger partial charge in [0.05, 0.1) is 12.0 Å². The lowest BCUT2D eigenvalue weighted by Gasteiger charge is -2.28. The number of benzene rings is 2. The maximum absolute atomic E-state index is 12.9. The molecule has 4 heteroatoms. The lowest BCUT2D eigenvalue weighted by Crippen LogP contribution is -2.36. The number of carbonyl (C=O) groups is 2. The van der Waals surface area contributed by atoms with Crippen LogP contribution < -0.4 is 0 Å². The summed E-state index contributed by atoms with van der Waals surface area (Å²) in [6, 6.07) is 19.9. The maximum atomic E-state index is 12.9. The zero-order valence-electron chi connectivity index (χ0n) is 14.8. The molecule has 2 aromatic carbocycles. The van der Waals surface area contributed by atoms with Crippen molar-refractivity contribution >= 4 is 11.8 Å². The van der Waals surface area contributed by atoms with Gasteiger partial charge in [-0.25, -0.2) is 0 Å². The number of nitrogens with zero attached hydrogens (tertiary/aromatic N) is 2. The van der Waals surface area contributed by atoms with Crippen LogP contribution in [0.1, 0.15) is 30.5 Å². The highest BCUT2D eigenvalue weighted by Gasteiger charge is 2.36. The molecule has 0 aromatic heterocycles. The Bertz CT molecular complexity index is 730. The molecular weight excluding hydrogens is 312 g/mol. The van der Waals surface area contributed by atoms with Gasteiger partial charge in [-0.2, -0.15) is 0 Å². The summed E-state index contributed by atoms with van der Waals surface area (Å²) in [5.41, 5.74) is 2.19. The summed E-state index contributed by atoms with van der Waals surface area (Å²) >= 11 is 0. The molecule has 0 bridgehead atoms. The van der Waals surface area contributed by atoms with Crippen LogP contribution in [-0.2, 0) is 16.1 Å². The van der Waals surface area contributed by atoms with Crippen molar-refractivity contribution < 1.29 is 9.59 Å². The van der Waals surface area contributed by atoms with Crippen LogP contribution in [0.15, 0.2) is 60.7 Å². The molecule has 1 aliphatic heterocycles. The molecule has 1 saturated heterocycles. The smallest absolute Gasteiger partial charge is 0.228 e. The monoisotopic (exact) mass is 336 g/mol. The largest absolute Gasteiger partial charge is 0.339 e. The van der Waals surface area contributed by atoms with Gasteiger partial charge in [0.25, 0.3) is 0 Å². The number of likely N-dealkylation sites (tertiary alicyclic amines) is 1. The van der Waals surface area contributed by atoms with Crippen LogP contribution in [0.4, 0.5) is 0 Å². The topological polar surface area (TPSA) is 40.6 Å². The summed E-state index contributed by atoms with van der Waals surface area (Å²) in [6.45, 7) is 3.09. The van der Waals surface area contributed by atoms with E-state index in [1.807, 2.05) is 74.6 Å². The van der Waals surface area contributed by atoms with E-state index in [2.05, 4.69) is 0 Å². The zero-order chi connectivity index (χ0) is 17.8. The first-order chi connectivity index (χ1) is 12.1. The lowest BCUT2D eigenvalue weighted by molar-refractivity contribution is -0.136. The Morgan fingerprint density at radius 2 is 1.72 bits per heavy atom. The van der Waals surface area contributed by atoms with Gasteiger partial charge in [-0.3, -0.25) is 9.59 Å². The van der Waals surface area contributed by atoms with Crippen LogP contribution >= 0.6 is 0 Å². The fourth-order valence-corrected chi connectivity index (χ4v) is 3.33. The third-order valence-electron chi connectivity index (χ3n) is 4.99. The molecule has 130 valence electrons. The molecule has 1 aliphatic rings. The van der Waals surface area contributed by atoms with E-state index in [-0.39, 0.29) is 23.8 Å². The Labute approximate surface area is 149 Å². The summed E-state index contributed by atoms with van der Waals surface area (Å²) in [6.07, 6.45) is 0.303. The van der Waals surface area contributed by atoms with E-state index in [1.54, 1.807) is 9.80 Å². The number of rotatable bonds is 5. The number of hydrogen-bond donors (Lipinski definition) is 0. The fourth-order valence-electron chi connectivity index (χ4n) is 3.33. The third-order valence-corrected chi connectivity index (χ3v) is 4.99. The first-order valence-electron chi connectivity index (χ1n) is 8.69. The van der Waals surface area contributed by atoms with Crippen LogP contribution in [-0.4, -0.2) is 35.2 Å². The van der Waals surface area contributed by atoms with E-state index in [9.17, 15) is 9.59 Å². The second kappa shape index (κ2) is 7.51. The van der Waals surface area contributed by atoms with Crippen molar-refractivity contribution in [2.24, 2.45) is 5.92 Å². The Balaban J connectivity index is 1.64. The van der Waals surface area contributed by atoms with Crippen molar-refractivity contribution in [3.05, 3.63) is 71.8 Å². The van der Waals surface area contributed by atoms with Crippen molar-refractivity contribution in [1.29, 1.82) is 0 Å². The maximum Gasteiger partial charge on any atom is 0.228 e. The van der Waals surface area contributed by atoms with E-state index < -0.39 is 0 Å². The van der Waals surface area contributed by atoms with Crippen molar-refractivity contribution in [3.63, 3.8) is 0 Å². The molecular formula is C21H24N2O2. The standard InChI is InChI=1S/C21H24N2O2/c1-16(18-11-7-4-8-12-18)22(2)21(25)19-13-20(24)23(15-19)14-17-9-5-3-6-10-17/h3-12,16,19H,13-15H2,1-2H3. The fraction of sp³-hybridized carbons (Fsp3) is 0.333. The summed E-state index contributed by atoms with van der Waals surface area (Å²) in [4.78, 5) is 28.7. The number of carbonyl (C=O) groups excluding carboxylic acids is 2. The molecule has 0 saturated carbocycles. The van der Waals surface area contributed by atoms with Crippen LogP contribution in [0.3, 0.4) is 0 Å². The van der Waals surface area contributed by atoms with E-state index >= 15 is 0 Å². The molecule has 4 nitrogen and oxygen atoms in total. The molecule has 1 heterocycles. The van der Waals surface area contributed by atoms with Gasteiger partial charge in [0.2, 0.25) is 11.8 Å². The van der Waals surface area contributed by atoms with E-state index in [0.717, 1.165) is 11.1 Å². The van der Waals surface area contributed by atoms with Gasteiger partial charge < -0.3 is 9.80 Å². The molecule has 25 heavy (non-hydrogen) atoms. The molecule has 2 aromatic rings. The van der Waals surface area contributed by atoms with Crippen molar-refractivity contribution in [1.82, 2.24) is 9.80 Å². The Hall–Kier alpha value is -2.62. The highest BCUT2D eigenvalue weighted by atomic mass is 16.2. The molecule has 2 atom stereocenters. The van der Waals surface area contributed by atoms with Crippen LogP contribution in [0, 0.1) is 5.92 Å². The highest BCUT2D eigenvalue weighted by Crippen LogP contribution is 2.26. The summed E-state index contributed by atoms with van der Waals surface area (Å²) in [5, 5.41) is 0. The highest BCUT2D eigenvalue weighted by molar-refractivity contribution is 5.89. The van der Waals surface area contributed by atoms with Gasteiger partial charge in [0, 0.05) is 26.6 Å². The SMILES string of the molecule is CC(c1ccccc1)N(C)C(=O)C1CC(=O)N(Cc2ccccc2)C1. The average molecular weight is 336 g/mol. The minimum Gasteiger partial charge on any atom is -0.339 e. The van der Waals surface area contributed by atoms with E-state index in [1.165, 1.54) is 0 Å². The van der Waals surface area contributed by atoms with Gasteiger partial charge in [-0.05, 0) is 18.1 Å². The van der Waals surface area contributed by atoms with Crippen LogP contribution in [0.2, 0.25) is 0 Å². The number of hydrogen-bond acceptors (Lipinski definition) is 2. The Morgan fingerprint density at radius 3 is 2.36 bits per heavy atom. The van der Waals surface area contributed by atoms with Crippen molar-refractivity contribution in [2.75, 3.05) is 13.6 Å². The summed E-state index contributed by atoms with van der Waals surface area (Å²) < 4.78 is 0. The van der Waals surface area contributed by atoms with E-state index in [4.69, 9.17) is 0 Å². The molecule has 0 N–H and O–H groups in total. The van der Waals surface area contributed by atoms with Crippen molar-refractivity contribution in [3.8, 4) is 0 Å². The molecule has 2 amide bonds. The zero-order valence-corrected chi connectivity index (χ0v) is 14.8. The second-order valence-corrected chi connectivity index (χ2v) is 6.70. The lowest BCUT2D eigenvalue weighted by atomic mass is 10.0. The molecule has 0 spiro atoms. The summed E-state index contributed by atoms with van der Waals surface area (Å²) in [7, 11) is 1.82. The Morgan fingerprint density at radius 1 is 1.12 bits per heavy atom. The summed E-state index contributed by atoms with van der Waals surface area (Å²) in [5.74, 6) is -0.157. The Kier molecular flexibility index (Phi) is 5.17. The molecule has 0 aliphatic carbocycles. The molecule has 0 radical (unpaired) electrons. The molecule has 2 unspecified atom stereocenters. The van der Waals surface area contributed by atoms with Gasteiger partial charge in [-0.1, -0.05) is 60.7 Å². The van der Waals surface area contributed by atoms with Crippen molar-refractivity contribution in [2.45, 2.75) is 25.9 Å². The predicted octanol–water partition coefficient (Wildman–Crippen LogP) is 3.25.